The van der Waals surface area contributed by atoms with Crippen LogP contribution in [0.1, 0.15) is 12.0 Å². The Morgan fingerprint density at radius 2 is 2.04 bits per heavy atom. The first-order chi connectivity index (χ1) is 13.0. The van der Waals surface area contributed by atoms with Gasteiger partial charge in [-0.1, -0.05) is 0 Å². The summed E-state index contributed by atoms with van der Waals surface area (Å²) >= 11 is 0. The summed E-state index contributed by atoms with van der Waals surface area (Å²) in [5.41, 5.74) is 0.513. The Morgan fingerprint density at radius 3 is 2.74 bits per heavy atom. The number of hydrogen-bond donors (Lipinski definition) is 0. The van der Waals surface area contributed by atoms with Crippen LogP contribution in [0, 0.1) is 27.3 Å². The first-order valence-electron chi connectivity index (χ1n) is 8.42. The molecule has 2 heterocycles. The van der Waals surface area contributed by atoms with E-state index in [9.17, 15) is 19.8 Å². The number of nitro benzene ring substituents is 1. The molecule has 1 aliphatic heterocycles. The number of pyridine rings is 1. The second-order valence-electron chi connectivity index (χ2n) is 6.05. The fourth-order valence-corrected chi connectivity index (χ4v) is 3.19. The van der Waals surface area contributed by atoms with Gasteiger partial charge in [-0.15, -0.1) is 0 Å². The van der Waals surface area contributed by atoms with Crippen LogP contribution in [0.3, 0.4) is 0 Å². The molecule has 1 aromatic heterocycles. The van der Waals surface area contributed by atoms with Gasteiger partial charge >= 0.3 is 0 Å². The first kappa shape index (κ1) is 18.4. The number of ether oxygens (including phenoxy) is 1. The molecule has 0 N–H and O–H groups in total. The van der Waals surface area contributed by atoms with Gasteiger partial charge in [0.25, 0.3) is 5.69 Å². The molecule has 0 bridgehead atoms. The Labute approximate surface area is 155 Å². The molecule has 0 amide bonds. The highest BCUT2D eigenvalue weighted by molar-refractivity contribution is 5.66. The Kier molecular flexibility index (Phi) is 5.35. The summed E-state index contributed by atoms with van der Waals surface area (Å²) in [6, 6.07) is 7.81. The number of nitriles is 1. The maximum atomic E-state index is 13.9. The van der Waals surface area contributed by atoms with Crippen molar-refractivity contribution in [2.75, 3.05) is 43.1 Å². The molecule has 0 atom stereocenters. The topological polar surface area (TPSA) is 95.5 Å². The van der Waals surface area contributed by atoms with Crippen molar-refractivity contribution in [3.05, 3.63) is 52.0 Å². The molecule has 8 nitrogen and oxygen atoms in total. The lowest BCUT2D eigenvalue weighted by Gasteiger charge is -2.24. The second-order valence-corrected chi connectivity index (χ2v) is 6.05. The van der Waals surface area contributed by atoms with Crippen molar-refractivity contribution in [2.24, 2.45) is 0 Å². The van der Waals surface area contributed by atoms with Crippen LogP contribution in [-0.2, 0) is 0 Å². The lowest BCUT2D eigenvalue weighted by molar-refractivity contribution is -0.384. The minimum absolute atomic E-state index is 0.0341. The number of halogens is 1. The number of anilines is 2. The second kappa shape index (κ2) is 7.86. The van der Waals surface area contributed by atoms with E-state index in [0.717, 1.165) is 6.07 Å². The molecule has 0 radical (unpaired) electrons. The standard InChI is InChI=1S/C18H18FN5O3/c1-27-17-11-15(16(24(25)26)10-14(17)19)22-6-3-7-23(9-8-22)18-13(12-20)4-2-5-21-18/h2,4-5,10-11H,3,6-9H2,1H3. The highest BCUT2D eigenvalue weighted by atomic mass is 19.1. The van der Waals surface area contributed by atoms with E-state index in [-0.39, 0.29) is 11.4 Å². The maximum Gasteiger partial charge on any atom is 0.295 e. The third-order valence-corrected chi connectivity index (χ3v) is 4.49. The summed E-state index contributed by atoms with van der Waals surface area (Å²) in [6.45, 7) is 2.22. The summed E-state index contributed by atoms with van der Waals surface area (Å²) in [6.07, 6.45) is 2.34. The highest BCUT2D eigenvalue weighted by Crippen LogP contribution is 2.35. The monoisotopic (exact) mass is 371 g/mol. The van der Waals surface area contributed by atoms with Gasteiger partial charge in [-0.25, -0.2) is 9.37 Å². The zero-order valence-electron chi connectivity index (χ0n) is 14.8. The van der Waals surface area contributed by atoms with Crippen molar-refractivity contribution in [3.8, 4) is 11.8 Å². The van der Waals surface area contributed by atoms with Crippen molar-refractivity contribution in [2.45, 2.75) is 6.42 Å². The Hall–Kier alpha value is -3.41. The van der Waals surface area contributed by atoms with E-state index in [4.69, 9.17) is 4.74 Å². The average molecular weight is 371 g/mol. The van der Waals surface area contributed by atoms with Gasteiger partial charge in [0.05, 0.1) is 23.7 Å². The van der Waals surface area contributed by atoms with E-state index in [1.165, 1.54) is 13.2 Å². The predicted octanol–water partition coefficient (Wildman–Crippen LogP) is 2.73. The zero-order valence-corrected chi connectivity index (χ0v) is 14.8. The van der Waals surface area contributed by atoms with Gasteiger partial charge in [0.1, 0.15) is 17.6 Å². The number of aromatic nitrogens is 1. The molecule has 1 aliphatic rings. The average Bonchev–Trinajstić information content (AvgIpc) is 2.93. The summed E-state index contributed by atoms with van der Waals surface area (Å²) in [5.74, 6) is -0.197. The molecule has 1 saturated heterocycles. The Balaban J connectivity index is 1.88. The van der Waals surface area contributed by atoms with E-state index in [2.05, 4.69) is 11.1 Å². The van der Waals surface area contributed by atoms with Crippen LogP contribution >= 0.6 is 0 Å². The van der Waals surface area contributed by atoms with Crippen molar-refractivity contribution in [3.63, 3.8) is 0 Å². The number of methoxy groups -OCH3 is 1. The number of nitro groups is 1. The predicted molar refractivity (Wildman–Crippen MR) is 97.6 cm³/mol. The smallest absolute Gasteiger partial charge is 0.295 e. The minimum Gasteiger partial charge on any atom is -0.494 e. The molecule has 3 rings (SSSR count). The largest absolute Gasteiger partial charge is 0.494 e. The number of benzene rings is 1. The molecule has 2 aromatic rings. The van der Waals surface area contributed by atoms with Gasteiger partial charge in [-0.2, -0.15) is 5.26 Å². The van der Waals surface area contributed by atoms with Crippen LogP contribution in [0.5, 0.6) is 5.75 Å². The zero-order chi connectivity index (χ0) is 19.4. The van der Waals surface area contributed by atoms with E-state index >= 15 is 0 Å². The summed E-state index contributed by atoms with van der Waals surface area (Å²) < 4.78 is 18.9. The van der Waals surface area contributed by atoms with Crippen LogP contribution in [0.2, 0.25) is 0 Å². The molecular weight excluding hydrogens is 353 g/mol. The number of rotatable bonds is 4. The maximum absolute atomic E-state index is 13.9. The third kappa shape index (κ3) is 3.74. The van der Waals surface area contributed by atoms with E-state index in [1.807, 2.05) is 9.80 Å². The van der Waals surface area contributed by atoms with Gasteiger partial charge in [0.2, 0.25) is 0 Å². The molecule has 1 aromatic carbocycles. The normalized spacial score (nSPS) is 14.4. The Bertz CT molecular complexity index is 899. The SMILES string of the molecule is COc1cc(N2CCCN(c3ncccc3C#N)CC2)c([N+](=O)[O-])cc1F. The molecule has 0 saturated carbocycles. The first-order valence-corrected chi connectivity index (χ1v) is 8.42. The number of nitrogens with zero attached hydrogens (tertiary/aromatic N) is 5. The van der Waals surface area contributed by atoms with E-state index in [0.29, 0.717) is 49.7 Å². The lowest BCUT2D eigenvalue weighted by Crippen LogP contribution is -2.32. The molecule has 140 valence electrons. The van der Waals surface area contributed by atoms with Crippen molar-refractivity contribution < 1.29 is 14.1 Å². The molecular formula is C18H18FN5O3. The molecule has 0 spiro atoms. The fourth-order valence-electron chi connectivity index (χ4n) is 3.19. The van der Waals surface area contributed by atoms with Gasteiger partial charge in [-0.3, -0.25) is 10.1 Å². The van der Waals surface area contributed by atoms with Crippen LogP contribution in [0.25, 0.3) is 0 Å². The molecule has 0 unspecified atom stereocenters. The van der Waals surface area contributed by atoms with Gasteiger partial charge in [0, 0.05) is 38.4 Å². The molecule has 9 heteroatoms. The fraction of sp³-hybridized carbons (Fsp3) is 0.333. The minimum atomic E-state index is -0.767. The quantitative estimate of drug-likeness (QED) is 0.602. The molecule has 27 heavy (non-hydrogen) atoms. The van der Waals surface area contributed by atoms with Crippen molar-refractivity contribution in [1.82, 2.24) is 4.98 Å². The lowest BCUT2D eigenvalue weighted by atomic mass is 10.2. The van der Waals surface area contributed by atoms with Gasteiger partial charge in [-0.05, 0) is 18.6 Å². The van der Waals surface area contributed by atoms with E-state index in [1.54, 1.807) is 18.3 Å². The van der Waals surface area contributed by atoms with Crippen LogP contribution in [0.15, 0.2) is 30.5 Å². The van der Waals surface area contributed by atoms with Crippen LogP contribution < -0.4 is 14.5 Å². The van der Waals surface area contributed by atoms with Crippen molar-refractivity contribution in [1.29, 1.82) is 5.26 Å². The summed E-state index contributed by atoms with van der Waals surface area (Å²) in [4.78, 5) is 18.9. The molecule has 1 fully saturated rings. The van der Waals surface area contributed by atoms with Gasteiger partial charge in [0.15, 0.2) is 11.6 Å². The van der Waals surface area contributed by atoms with Crippen LogP contribution in [0.4, 0.5) is 21.6 Å². The highest BCUT2D eigenvalue weighted by Gasteiger charge is 2.26. The number of hydrogen-bond acceptors (Lipinski definition) is 7. The Morgan fingerprint density at radius 1 is 1.30 bits per heavy atom. The summed E-state index contributed by atoms with van der Waals surface area (Å²) in [5, 5.41) is 20.7. The van der Waals surface area contributed by atoms with Crippen molar-refractivity contribution >= 4 is 17.2 Å². The third-order valence-electron chi connectivity index (χ3n) is 4.49. The molecule has 0 aliphatic carbocycles. The van der Waals surface area contributed by atoms with E-state index < -0.39 is 10.7 Å². The van der Waals surface area contributed by atoms with Crippen LogP contribution in [-0.4, -0.2) is 43.2 Å². The van der Waals surface area contributed by atoms with Gasteiger partial charge < -0.3 is 14.5 Å². The summed E-state index contributed by atoms with van der Waals surface area (Å²) in [7, 11) is 1.32.